The molecule has 8 heteroatoms. The molecule has 1 heterocycles. The van der Waals surface area contributed by atoms with Gasteiger partial charge in [0.15, 0.2) is 5.96 Å². The minimum Gasteiger partial charge on any atom is -0.368 e. The van der Waals surface area contributed by atoms with Crippen molar-refractivity contribution >= 4 is 33.1 Å². The minimum absolute atomic E-state index is 0.160. The Hall–Kier alpha value is -1.47. The molecule has 1 aliphatic rings. The SMILES string of the molecule is CCNC(=NCC(C)(C)CCS(C)(=O)=O)N1CCN(c2cccc(Cl)c2)CC1. The average Bonchev–Trinajstić information content (AvgIpc) is 2.63. The number of halogens is 1. The van der Waals surface area contributed by atoms with E-state index in [9.17, 15) is 8.42 Å². The first kappa shape index (κ1) is 22.8. The van der Waals surface area contributed by atoms with Gasteiger partial charge in [-0.3, -0.25) is 4.99 Å². The third-order valence-electron chi connectivity index (χ3n) is 4.89. The molecule has 0 atom stereocenters. The summed E-state index contributed by atoms with van der Waals surface area (Å²) in [5.41, 5.74) is 0.989. The lowest BCUT2D eigenvalue weighted by molar-refractivity contribution is 0.348. The van der Waals surface area contributed by atoms with Crippen molar-refractivity contribution in [2.45, 2.75) is 27.2 Å². The number of rotatable bonds is 7. The molecule has 0 amide bonds. The Labute approximate surface area is 174 Å². The van der Waals surface area contributed by atoms with Crippen LogP contribution in [0.25, 0.3) is 0 Å². The van der Waals surface area contributed by atoms with Crippen molar-refractivity contribution in [2.75, 3.05) is 56.2 Å². The van der Waals surface area contributed by atoms with E-state index in [-0.39, 0.29) is 11.2 Å². The zero-order chi connectivity index (χ0) is 20.8. The Balaban J connectivity index is 1.97. The second-order valence-corrected chi connectivity index (χ2v) is 10.9. The first-order valence-electron chi connectivity index (χ1n) is 9.81. The molecular formula is C20H33ClN4O2S. The van der Waals surface area contributed by atoms with Gasteiger partial charge >= 0.3 is 0 Å². The number of anilines is 1. The van der Waals surface area contributed by atoms with Gasteiger partial charge in [0, 0.05) is 56.2 Å². The Morgan fingerprint density at radius 2 is 1.93 bits per heavy atom. The molecule has 1 aliphatic heterocycles. The molecule has 0 bridgehead atoms. The number of hydrogen-bond donors (Lipinski definition) is 1. The molecule has 0 spiro atoms. The molecule has 158 valence electrons. The molecule has 0 saturated carbocycles. The van der Waals surface area contributed by atoms with Crippen molar-refractivity contribution in [1.82, 2.24) is 10.2 Å². The highest BCUT2D eigenvalue weighted by atomic mass is 35.5. The second-order valence-electron chi connectivity index (χ2n) is 8.17. The van der Waals surface area contributed by atoms with Gasteiger partial charge in [0.25, 0.3) is 0 Å². The zero-order valence-corrected chi connectivity index (χ0v) is 19.0. The number of sulfone groups is 1. The highest BCUT2D eigenvalue weighted by molar-refractivity contribution is 7.90. The maximum Gasteiger partial charge on any atom is 0.194 e. The van der Waals surface area contributed by atoms with E-state index in [1.165, 1.54) is 6.26 Å². The van der Waals surface area contributed by atoms with E-state index in [1.54, 1.807) is 0 Å². The predicted molar refractivity (Wildman–Crippen MR) is 119 cm³/mol. The molecule has 0 aromatic heterocycles. The first-order chi connectivity index (χ1) is 13.1. The molecule has 1 aromatic carbocycles. The molecule has 0 unspecified atom stereocenters. The Kier molecular flexibility index (Phi) is 8.01. The summed E-state index contributed by atoms with van der Waals surface area (Å²) in [5.74, 6) is 1.10. The highest BCUT2D eigenvalue weighted by Gasteiger charge is 2.23. The van der Waals surface area contributed by atoms with Crippen molar-refractivity contribution in [3.05, 3.63) is 29.3 Å². The van der Waals surface area contributed by atoms with Crippen molar-refractivity contribution in [3.63, 3.8) is 0 Å². The fourth-order valence-electron chi connectivity index (χ4n) is 3.10. The Morgan fingerprint density at radius 1 is 1.25 bits per heavy atom. The molecular weight excluding hydrogens is 396 g/mol. The van der Waals surface area contributed by atoms with Crippen molar-refractivity contribution in [3.8, 4) is 0 Å². The lowest BCUT2D eigenvalue weighted by Gasteiger charge is -2.38. The lowest BCUT2D eigenvalue weighted by atomic mass is 9.90. The summed E-state index contributed by atoms with van der Waals surface area (Å²) in [6.45, 7) is 11.2. The van der Waals surface area contributed by atoms with Gasteiger partial charge in [-0.15, -0.1) is 0 Å². The van der Waals surface area contributed by atoms with Gasteiger partial charge in [0.1, 0.15) is 9.84 Å². The van der Waals surface area contributed by atoms with Crippen LogP contribution in [-0.2, 0) is 9.84 Å². The summed E-state index contributed by atoms with van der Waals surface area (Å²) in [5, 5.41) is 4.13. The van der Waals surface area contributed by atoms with Crippen LogP contribution in [0.1, 0.15) is 27.2 Å². The maximum atomic E-state index is 11.5. The minimum atomic E-state index is -2.95. The fraction of sp³-hybridized carbons (Fsp3) is 0.650. The zero-order valence-electron chi connectivity index (χ0n) is 17.4. The smallest absolute Gasteiger partial charge is 0.194 e. The van der Waals surface area contributed by atoms with Gasteiger partial charge in [-0.05, 0) is 37.0 Å². The lowest BCUT2D eigenvalue weighted by Crippen LogP contribution is -2.52. The largest absolute Gasteiger partial charge is 0.368 e. The molecule has 2 rings (SSSR count). The van der Waals surface area contributed by atoms with E-state index in [0.717, 1.165) is 49.4 Å². The molecule has 0 radical (unpaired) electrons. The number of aliphatic imine (C=N–C) groups is 1. The fourth-order valence-corrected chi connectivity index (χ4v) is 4.21. The van der Waals surface area contributed by atoms with Crippen LogP contribution in [0.15, 0.2) is 29.3 Å². The van der Waals surface area contributed by atoms with Crippen molar-refractivity contribution in [2.24, 2.45) is 10.4 Å². The van der Waals surface area contributed by atoms with Gasteiger partial charge in [-0.1, -0.05) is 31.5 Å². The molecule has 1 aromatic rings. The maximum absolute atomic E-state index is 11.5. The number of piperazine rings is 1. The van der Waals surface area contributed by atoms with Crippen LogP contribution in [0.5, 0.6) is 0 Å². The van der Waals surface area contributed by atoms with E-state index in [0.29, 0.717) is 13.0 Å². The molecule has 28 heavy (non-hydrogen) atoms. The monoisotopic (exact) mass is 428 g/mol. The Bertz CT molecular complexity index is 772. The van der Waals surface area contributed by atoms with Crippen molar-refractivity contribution < 1.29 is 8.42 Å². The quantitative estimate of drug-likeness (QED) is 0.534. The average molecular weight is 429 g/mol. The van der Waals surface area contributed by atoms with Gasteiger partial charge in [0.2, 0.25) is 0 Å². The van der Waals surface area contributed by atoms with E-state index < -0.39 is 9.84 Å². The van der Waals surface area contributed by atoms with Crippen LogP contribution >= 0.6 is 11.6 Å². The van der Waals surface area contributed by atoms with Crippen LogP contribution in [-0.4, -0.2) is 70.6 Å². The summed E-state index contributed by atoms with van der Waals surface area (Å²) < 4.78 is 22.9. The number of nitrogens with zero attached hydrogens (tertiary/aromatic N) is 3. The number of guanidine groups is 1. The van der Waals surface area contributed by atoms with E-state index in [1.807, 2.05) is 18.2 Å². The van der Waals surface area contributed by atoms with Gasteiger partial charge in [0.05, 0.1) is 5.75 Å². The van der Waals surface area contributed by atoms with Crippen LogP contribution in [0, 0.1) is 5.41 Å². The van der Waals surface area contributed by atoms with Crippen LogP contribution in [0.3, 0.4) is 0 Å². The van der Waals surface area contributed by atoms with Crippen LogP contribution in [0.4, 0.5) is 5.69 Å². The first-order valence-corrected chi connectivity index (χ1v) is 12.2. The van der Waals surface area contributed by atoms with Gasteiger partial charge < -0.3 is 15.1 Å². The van der Waals surface area contributed by atoms with E-state index >= 15 is 0 Å². The van der Waals surface area contributed by atoms with Crippen molar-refractivity contribution in [1.29, 1.82) is 0 Å². The van der Waals surface area contributed by atoms with Gasteiger partial charge in [-0.2, -0.15) is 0 Å². The summed E-state index contributed by atoms with van der Waals surface area (Å²) in [6, 6.07) is 7.96. The standard InChI is InChI=1S/C20H33ClN4O2S/c1-5-22-19(23-16-20(2,3)9-14-28(4,26)27)25-12-10-24(11-13-25)18-8-6-7-17(21)15-18/h6-8,15H,5,9-14,16H2,1-4H3,(H,22,23). The van der Waals surface area contributed by atoms with Crippen LogP contribution in [0.2, 0.25) is 5.02 Å². The van der Waals surface area contributed by atoms with E-state index in [2.05, 4.69) is 42.0 Å². The second kappa shape index (κ2) is 9.83. The third-order valence-corrected chi connectivity index (χ3v) is 6.07. The summed E-state index contributed by atoms with van der Waals surface area (Å²) >= 11 is 6.12. The Morgan fingerprint density at radius 3 is 2.50 bits per heavy atom. The molecule has 0 aliphatic carbocycles. The molecule has 6 nitrogen and oxygen atoms in total. The number of nitrogens with one attached hydrogen (secondary N) is 1. The van der Waals surface area contributed by atoms with Gasteiger partial charge in [-0.25, -0.2) is 8.42 Å². The third kappa shape index (κ3) is 7.51. The summed E-state index contributed by atoms with van der Waals surface area (Å²) in [4.78, 5) is 9.43. The molecule has 1 saturated heterocycles. The molecule has 1 fully saturated rings. The highest BCUT2D eigenvalue weighted by Crippen LogP contribution is 2.23. The predicted octanol–water partition coefficient (Wildman–Crippen LogP) is 2.89. The normalized spacial score (nSPS) is 16.4. The topological polar surface area (TPSA) is 65.0 Å². The van der Waals surface area contributed by atoms with E-state index in [4.69, 9.17) is 16.6 Å². The van der Waals surface area contributed by atoms with Crippen LogP contribution < -0.4 is 10.2 Å². The summed E-state index contributed by atoms with van der Waals surface area (Å²) in [6.07, 6.45) is 1.90. The molecule has 1 N–H and O–H groups in total. The number of hydrogen-bond acceptors (Lipinski definition) is 4. The number of benzene rings is 1. The summed E-state index contributed by atoms with van der Waals surface area (Å²) in [7, 11) is -2.95.